The molecule has 1 amide bonds. The van der Waals surface area contributed by atoms with Crippen molar-refractivity contribution in [1.82, 2.24) is 9.97 Å². The Morgan fingerprint density at radius 3 is 2.59 bits per heavy atom. The van der Waals surface area contributed by atoms with Gasteiger partial charge in [0.05, 0.1) is 15.1 Å². The molecule has 2 aromatic heterocycles. The molecule has 0 atom stereocenters. The zero-order valence-electron chi connectivity index (χ0n) is 11.5. The van der Waals surface area contributed by atoms with Gasteiger partial charge in [-0.1, -0.05) is 11.3 Å². The molecule has 0 bridgehead atoms. The van der Waals surface area contributed by atoms with Gasteiger partial charge in [-0.15, -0.1) is 0 Å². The van der Waals surface area contributed by atoms with Crippen LogP contribution in [0.5, 0.6) is 0 Å². The van der Waals surface area contributed by atoms with Crippen molar-refractivity contribution in [2.24, 2.45) is 0 Å². The SMILES string of the molecule is CS(=O)(=O)c1ccc2nc(NC(=O)c3ccncc3)sc2c1. The third-order valence-electron chi connectivity index (χ3n) is 2.95. The number of hydrogen-bond acceptors (Lipinski definition) is 6. The van der Waals surface area contributed by atoms with Gasteiger partial charge in [-0.25, -0.2) is 13.4 Å². The molecule has 0 fully saturated rings. The summed E-state index contributed by atoms with van der Waals surface area (Å²) in [6, 6.07) is 7.90. The number of sulfone groups is 1. The first-order chi connectivity index (χ1) is 10.4. The van der Waals surface area contributed by atoms with E-state index in [0.29, 0.717) is 20.9 Å². The normalized spacial score (nSPS) is 11.5. The van der Waals surface area contributed by atoms with Gasteiger partial charge in [0.1, 0.15) is 0 Å². The van der Waals surface area contributed by atoms with E-state index < -0.39 is 9.84 Å². The van der Waals surface area contributed by atoms with E-state index in [1.807, 2.05) is 0 Å². The summed E-state index contributed by atoms with van der Waals surface area (Å²) in [6.07, 6.45) is 4.22. The zero-order valence-corrected chi connectivity index (χ0v) is 13.1. The summed E-state index contributed by atoms with van der Waals surface area (Å²) in [4.78, 5) is 20.4. The largest absolute Gasteiger partial charge is 0.298 e. The highest BCUT2D eigenvalue weighted by Gasteiger charge is 2.12. The second-order valence-corrected chi connectivity index (χ2v) is 7.66. The number of rotatable bonds is 3. The molecule has 1 aromatic carbocycles. The second-order valence-electron chi connectivity index (χ2n) is 4.61. The van der Waals surface area contributed by atoms with E-state index in [2.05, 4.69) is 15.3 Å². The predicted molar refractivity (Wildman–Crippen MR) is 84.9 cm³/mol. The van der Waals surface area contributed by atoms with E-state index in [9.17, 15) is 13.2 Å². The van der Waals surface area contributed by atoms with Crippen molar-refractivity contribution in [1.29, 1.82) is 0 Å². The number of aromatic nitrogens is 2. The monoisotopic (exact) mass is 333 g/mol. The standard InChI is InChI=1S/C14H11N3O3S2/c1-22(19,20)10-2-3-11-12(8-10)21-14(16-11)17-13(18)9-4-6-15-7-5-9/h2-8H,1H3,(H,16,17,18). The lowest BCUT2D eigenvalue weighted by molar-refractivity contribution is 0.102. The molecule has 8 heteroatoms. The third-order valence-corrected chi connectivity index (χ3v) is 4.99. The number of nitrogens with zero attached hydrogens (tertiary/aromatic N) is 2. The lowest BCUT2D eigenvalue weighted by atomic mass is 10.2. The Morgan fingerprint density at radius 2 is 1.91 bits per heavy atom. The maximum atomic E-state index is 12.0. The fourth-order valence-electron chi connectivity index (χ4n) is 1.86. The molecular formula is C14H11N3O3S2. The molecule has 0 radical (unpaired) electrons. The van der Waals surface area contributed by atoms with Crippen LogP contribution >= 0.6 is 11.3 Å². The summed E-state index contributed by atoms with van der Waals surface area (Å²) < 4.78 is 23.8. The van der Waals surface area contributed by atoms with Gasteiger partial charge in [0.2, 0.25) is 0 Å². The predicted octanol–water partition coefficient (Wildman–Crippen LogP) is 2.35. The van der Waals surface area contributed by atoms with Crippen LogP contribution in [0.25, 0.3) is 10.2 Å². The number of carbonyl (C=O) groups excluding carboxylic acids is 1. The van der Waals surface area contributed by atoms with Gasteiger partial charge >= 0.3 is 0 Å². The molecule has 0 spiro atoms. The fraction of sp³-hybridized carbons (Fsp3) is 0.0714. The third kappa shape index (κ3) is 2.97. The molecule has 112 valence electrons. The summed E-state index contributed by atoms with van der Waals surface area (Å²) in [5, 5.41) is 3.12. The van der Waals surface area contributed by atoms with Crippen LogP contribution in [0.2, 0.25) is 0 Å². The van der Waals surface area contributed by atoms with Crippen LogP contribution in [0.3, 0.4) is 0 Å². The molecule has 1 N–H and O–H groups in total. The number of fused-ring (bicyclic) bond motifs is 1. The van der Waals surface area contributed by atoms with Gasteiger partial charge in [-0.2, -0.15) is 0 Å². The fourth-order valence-corrected chi connectivity index (χ4v) is 3.48. The van der Waals surface area contributed by atoms with Crippen LogP contribution in [-0.2, 0) is 9.84 Å². The Balaban J connectivity index is 1.91. The highest BCUT2D eigenvalue weighted by molar-refractivity contribution is 7.90. The van der Waals surface area contributed by atoms with Crippen molar-refractivity contribution >= 4 is 42.4 Å². The van der Waals surface area contributed by atoms with Gasteiger partial charge in [0.25, 0.3) is 5.91 Å². The first-order valence-corrected chi connectivity index (χ1v) is 8.96. The maximum absolute atomic E-state index is 12.0. The number of nitrogens with one attached hydrogen (secondary N) is 1. The minimum absolute atomic E-state index is 0.232. The highest BCUT2D eigenvalue weighted by atomic mass is 32.2. The average Bonchev–Trinajstić information content (AvgIpc) is 2.88. The van der Waals surface area contributed by atoms with Crippen molar-refractivity contribution in [3.63, 3.8) is 0 Å². The number of benzene rings is 1. The van der Waals surface area contributed by atoms with Gasteiger partial charge in [-0.05, 0) is 30.3 Å². The van der Waals surface area contributed by atoms with E-state index >= 15 is 0 Å². The van der Waals surface area contributed by atoms with Crippen molar-refractivity contribution < 1.29 is 13.2 Å². The molecule has 6 nitrogen and oxygen atoms in total. The van der Waals surface area contributed by atoms with Crippen molar-refractivity contribution in [2.45, 2.75) is 4.90 Å². The van der Waals surface area contributed by atoms with Crippen LogP contribution in [0, 0.1) is 0 Å². The number of anilines is 1. The van der Waals surface area contributed by atoms with E-state index in [-0.39, 0.29) is 10.8 Å². The van der Waals surface area contributed by atoms with Gasteiger partial charge < -0.3 is 0 Å². The number of thiazole rings is 1. The molecule has 2 heterocycles. The highest BCUT2D eigenvalue weighted by Crippen LogP contribution is 2.28. The van der Waals surface area contributed by atoms with Gasteiger partial charge in [0.15, 0.2) is 15.0 Å². The number of hydrogen-bond donors (Lipinski definition) is 1. The van der Waals surface area contributed by atoms with Crippen LogP contribution in [-0.4, -0.2) is 30.5 Å². The summed E-state index contributed by atoms with van der Waals surface area (Å²) in [6.45, 7) is 0. The molecule has 0 aliphatic carbocycles. The molecule has 0 aliphatic heterocycles. The van der Waals surface area contributed by atoms with E-state index in [0.717, 1.165) is 6.26 Å². The van der Waals surface area contributed by atoms with E-state index in [1.54, 1.807) is 24.3 Å². The smallest absolute Gasteiger partial charge is 0.257 e. The Bertz CT molecular complexity index is 950. The van der Waals surface area contributed by atoms with Crippen molar-refractivity contribution in [3.05, 3.63) is 48.3 Å². The van der Waals surface area contributed by atoms with Gasteiger partial charge in [0, 0.05) is 24.2 Å². The topological polar surface area (TPSA) is 89.0 Å². The van der Waals surface area contributed by atoms with Crippen LogP contribution in [0.1, 0.15) is 10.4 Å². The lowest BCUT2D eigenvalue weighted by Crippen LogP contribution is -2.11. The Labute approximate surface area is 130 Å². The van der Waals surface area contributed by atoms with Crippen LogP contribution in [0.15, 0.2) is 47.6 Å². The van der Waals surface area contributed by atoms with Crippen LogP contribution in [0.4, 0.5) is 5.13 Å². The first-order valence-electron chi connectivity index (χ1n) is 6.25. The minimum Gasteiger partial charge on any atom is -0.298 e. The van der Waals surface area contributed by atoms with E-state index in [1.165, 1.54) is 29.8 Å². The summed E-state index contributed by atoms with van der Waals surface area (Å²) >= 11 is 1.23. The zero-order chi connectivity index (χ0) is 15.7. The Kier molecular flexibility index (Phi) is 3.63. The quantitative estimate of drug-likeness (QED) is 0.795. The van der Waals surface area contributed by atoms with E-state index in [4.69, 9.17) is 0 Å². The molecule has 0 aliphatic rings. The van der Waals surface area contributed by atoms with Crippen molar-refractivity contribution in [2.75, 3.05) is 11.6 Å². The molecule has 0 saturated carbocycles. The molecular weight excluding hydrogens is 322 g/mol. The molecule has 22 heavy (non-hydrogen) atoms. The molecule has 3 aromatic rings. The van der Waals surface area contributed by atoms with Crippen molar-refractivity contribution in [3.8, 4) is 0 Å². The number of pyridine rings is 1. The minimum atomic E-state index is -3.27. The summed E-state index contributed by atoms with van der Waals surface area (Å²) in [7, 11) is -3.27. The van der Waals surface area contributed by atoms with Crippen LogP contribution < -0.4 is 5.32 Å². The average molecular weight is 333 g/mol. The summed E-state index contributed by atoms with van der Waals surface area (Å²) in [5.74, 6) is -0.287. The molecule has 0 saturated heterocycles. The Hall–Kier alpha value is -2.32. The molecule has 0 unspecified atom stereocenters. The summed E-state index contributed by atoms with van der Waals surface area (Å²) in [5.41, 5.74) is 1.12. The number of carbonyl (C=O) groups is 1. The maximum Gasteiger partial charge on any atom is 0.257 e. The molecule has 3 rings (SSSR count). The second kappa shape index (κ2) is 5.47. The number of amides is 1. The Morgan fingerprint density at radius 1 is 1.18 bits per heavy atom. The lowest BCUT2D eigenvalue weighted by Gasteiger charge is -1.99. The van der Waals surface area contributed by atoms with Gasteiger partial charge in [-0.3, -0.25) is 15.1 Å². The first kappa shape index (κ1) is 14.6.